The highest BCUT2D eigenvalue weighted by Crippen LogP contribution is 2.29. The summed E-state index contributed by atoms with van der Waals surface area (Å²) in [5.41, 5.74) is 0.450. The van der Waals surface area contributed by atoms with Gasteiger partial charge >= 0.3 is 6.18 Å². The molecule has 0 bridgehead atoms. The highest BCUT2D eigenvalue weighted by molar-refractivity contribution is 7.80. The first-order valence-corrected chi connectivity index (χ1v) is 6.78. The van der Waals surface area contributed by atoms with Gasteiger partial charge in [0.1, 0.15) is 6.54 Å². The zero-order valence-electron chi connectivity index (χ0n) is 11.0. The Kier molecular flexibility index (Phi) is 4.92. The Hall–Kier alpha value is -1.50. The molecule has 0 amide bonds. The molecule has 0 fully saturated rings. The fourth-order valence-electron chi connectivity index (χ4n) is 1.99. The maximum Gasteiger partial charge on any atom is 0.416 e. The Morgan fingerprint density at radius 1 is 1.10 bits per heavy atom. The second kappa shape index (κ2) is 6.51. The number of nitrogens with two attached hydrogens (primary N) is 1. The van der Waals surface area contributed by atoms with Gasteiger partial charge in [-0.2, -0.15) is 13.2 Å². The number of aliphatic hydroxyl groups excluding tert-OH is 1. The van der Waals surface area contributed by atoms with Crippen molar-refractivity contribution in [3.63, 3.8) is 0 Å². The first-order valence-electron chi connectivity index (χ1n) is 6.33. The molecule has 2 aromatic carbocycles. The van der Waals surface area contributed by atoms with Crippen molar-refractivity contribution in [1.82, 2.24) is 0 Å². The van der Waals surface area contributed by atoms with Gasteiger partial charge in [-0.1, -0.05) is 24.3 Å². The van der Waals surface area contributed by atoms with E-state index >= 15 is 0 Å². The van der Waals surface area contributed by atoms with Crippen molar-refractivity contribution >= 4 is 12.6 Å². The largest absolute Gasteiger partial charge is 0.416 e. The van der Waals surface area contributed by atoms with Gasteiger partial charge in [-0.25, -0.2) is 0 Å². The number of alkyl halides is 3. The SMILES string of the molecule is OC([NH2+]Cc1cccc(C(F)(F)F)c1)c1ccccc1S. The molecule has 0 spiro atoms. The number of quaternary nitrogens is 1. The molecule has 0 saturated heterocycles. The van der Waals surface area contributed by atoms with Crippen LogP contribution in [-0.4, -0.2) is 5.11 Å². The smallest absolute Gasteiger partial charge is 0.341 e. The summed E-state index contributed by atoms with van der Waals surface area (Å²) >= 11 is 4.24. The Labute approximate surface area is 126 Å². The minimum atomic E-state index is -4.35. The lowest BCUT2D eigenvalue weighted by atomic mass is 10.1. The number of hydrogen-bond acceptors (Lipinski definition) is 2. The maximum absolute atomic E-state index is 12.6. The normalized spacial score (nSPS) is 13.2. The molecule has 2 rings (SSSR count). The fraction of sp³-hybridized carbons (Fsp3) is 0.200. The quantitative estimate of drug-likeness (QED) is 0.589. The minimum absolute atomic E-state index is 0.243. The van der Waals surface area contributed by atoms with Crippen LogP contribution in [0.25, 0.3) is 0 Å². The molecule has 6 heteroatoms. The predicted octanol–water partition coefficient (Wildman–Crippen LogP) is 2.75. The van der Waals surface area contributed by atoms with Gasteiger partial charge in [0.05, 0.1) is 11.1 Å². The number of hydrogen-bond donors (Lipinski definition) is 3. The summed E-state index contributed by atoms with van der Waals surface area (Å²) in [6, 6.07) is 12.1. The molecule has 1 unspecified atom stereocenters. The summed E-state index contributed by atoms with van der Waals surface area (Å²) in [4.78, 5) is 0.644. The van der Waals surface area contributed by atoms with E-state index in [1.807, 2.05) is 0 Å². The van der Waals surface area contributed by atoms with Gasteiger partial charge in [0, 0.05) is 10.5 Å². The van der Waals surface area contributed by atoms with Gasteiger partial charge in [0.2, 0.25) is 6.23 Å². The lowest BCUT2D eigenvalue weighted by Gasteiger charge is -2.13. The predicted molar refractivity (Wildman–Crippen MR) is 75.7 cm³/mol. The summed E-state index contributed by atoms with van der Waals surface area (Å²) in [5, 5.41) is 11.6. The molecule has 2 nitrogen and oxygen atoms in total. The third-order valence-corrected chi connectivity index (χ3v) is 3.49. The van der Waals surface area contributed by atoms with Gasteiger partial charge in [-0.15, -0.1) is 12.6 Å². The van der Waals surface area contributed by atoms with Gasteiger partial charge in [0.15, 0.2) is 0 Å². The Morgan fingerprint density at radius 2 is 1.81 bits per heavy atom. The molecular weight excluding hydrogens is 299 g/mol. The molecule has 1 atom stereocenters. The maximum atomic E-state index is 12.6. The van der Waals surface area contributed by atoms with Crippen LogP contribution in [0.3, 0.4) is 0 Å². The highest BCUT2D eigenvalue weighted by atomic mass is 32.1. The topological polar surface area (TPSA) is 36.8 Å². The lowest BCUT2D eigenvalue weighted by Crippen LogP contribution is -2.83. The van der Waals surface area contributed by atoms with Crippen molar-refractivity contribution < 1.29 is 23.6 Å². The summed E-state index contributed by atoms with van der Waals surface area (Å²) in [5.74, 6) is 0. The Bertz CT molecular complexity index is 616. The van der Waals surface area contributed by atoms with Crippen LogP contribution < -0.4 is 5.32 Å². The average Bonchev–Trinajstić information content (AvgIpc) is 2.45. The van der Waals surface area contributed by atoms with Gasteiger partial charge < -0.3 is 10.4 Å². The van der Waals surface area contributed by atoms with Crippen molar-refractivity contribution in [2.24, 2.45) is 0 Å². The second-order valence-electron chi connectivity index (χ2n) is 4.64. The van der Waals surface area contributed by atoms with Gasteiger partial charge in [-0.05, 0) is 24.3 Å². The highest BCUT2D eigenvalue weighted by Gasteiger charge is 2.30. The van der Waals surface area contributed by atoms with Crippen LogP contribution in [0.1, 0.15) is 22.9 Å². The minimum Gasteiger partial charge on any atom is -0.341 e. The number of rotatable bonds is 4. The van der Waals surface area contributed by atoms with Crippen LogP contribution in [0.15, 0.2) is 53.4 Å². The molecule has 21 heavy (non-hydrogen) atoms. The fourth-order valence-corrected chi connectivity index (χ4v) is 2.28. The van der Waals surface area contributed by atoms with E-state index in [1.165, 1.54) is 6.07 Å². The monoisotopic (exact) mass is 314 g/mol. The first kappa shape index (κ1) is 15.9. The van der Waals surface area contributed by atoms with E-state index in [9.17, 15) is 18.3 Å². The summed E-state index contributed by atoms with van der Waals surface area (Å²) in [6.07, 6.45) is -5.22. The molecule has 0 aliphatic rings. The molecule has 0 saturated carbocycles. The van der Waals surface area contributed by atoms with Crippen molar-refractivity contribution in [2.75, 3.05) is 0 Å². The van der Waals surface area contributed by atoms with Crippen molar-refractivity contribution in [3.8, 4) is 0 Å². The summed E-state index contributed by atoms with van der Waals surface area (Å²) in [7, 11) is 0. The van der Waals surface area contributed by atoms with E-state index in [2.05, 4.69) is 12.6 Å². The van der Waals surface area contributed by atoms with Gasteiger partial charge in [0.25, 0.3) is 0 Å². The van der Waals surface area contributed by atoms with Crippen LogP contribution in [0.2, 0.25) is 0 Å². The van der Waals surface area contributed by atoms with Crippen LogP contribution in [0.4, 0.5) is 13.2 Å². The van der Waals surface area contributed by atoms with E-state index in [0.29, 0.717) is 16.0 Å². The number of thiol groups is 1. The zero-order chi connectivity index (χ0) is 15.5. The molecular formula is C15H15F3NOS+. The van der Waals surface area contributed by atoms with Crippen molar-refractivity contribution in [3.05, 3.63) is 65.2 Å². The average molecular weight is 314 g/mol. The molecule has 0 heterocycles. The Balaban J connectivity index is 2.05. The molecule has 0 radical (unpaired) electrons. The van der Waals surface area contributed by atoms with Crippen LogP contribution in [0.5, 0.6) is 0 Å². The molecule has 112 valence electrons. The number of halogens is 3. The van der Waals surface area contributed by atoms with Crippen molar-refractivity contribution in [2.45, 2.75) is 23.8 Å². The number of aliphatic hydroxyl groups is 1. The second-order valence-corrected chi connectivity index (χ2v) is 5.12. The van der Waals surface area contributed by atoms with Crippen LogP contribution in [0, 0.1) is 0 Å². The van der Waals surface area contributed by atoms with Crippen molar-refractivity contribution in [1.29, 1.82) is 0 Å². The number of benzene rings is 2. The third-order valence-electron chi connectivity index (χ3n) is 3.09. The Morgan fingerprint density at radius 3 is 2.48 bits per heavy atom. The van der Waals surface area contributed by atoms with Crippen LogP contribution >= 0.6 is 12.6 Å². The molecule has 2 aromatic rings. The third kappa shape index (κ3) is 4.23. The van der Waals surface area contributed by atoms with E-state index in [4.69, 9.17) is 0 Å². The van der Waals surface area contributed by atoms with E-state index in [1.54, 1.807) is 35.6 Å². The summed E-state index contributed by atoms with van der Waals surface area (Å²) < 4.78 is 37.8. The van der Waals surface area contributed by atoms with Crippen LogP contribution in [-0.2, 0) is 12.7 Å². The first-order chi connectivity index (χ1) is 9.88. The molecule has 0 aromatic heterocycles. The molecule has 0 aliphatic heterocycles. The van der Waals surface area contributed by atoms with Gasteiger partial charge in [-0.3, -0.25) is 0 Å². The standard InChI is InChI=1S/C15H14F3NOS/c16-15(17,18)11-5-3-4-10(8-11)9-19-14(20)12-6-1-2-7-13(12)21/h1-8,14,19-21H,9H2/p+1. The molecule has 0 aliphatic carbocycles. The van der Waals surface area contributed by atoms with E-state index in [-0.39, 0.29) is 6.54 Å². The lowest BCUT2D eigenvalue weighted by molar-refractivity contribution is -0.746. The summed E-state index contributed by atoms with van der Waals surface area (Å²) in [6.45, 7) is 0.243. The van der Waals surface area contributed by atoms with E-state index in [0.717, 1.165) is 12.1 Å². The molecule has 3 N–H and O–H groups in total. The van der Waals surface area contributed by atoms with E-state index < -0.39 is 18.0 Å². The zero-order valence-corrected chi connectivity index (χ0v) is 11.9.